The van der Waals surface area contributed by atoms with E-state index in [0.29, 0.717) is 41.8 Å². The number of phenolic OH excluding ortho intramolecular Hbond substituents is 1. The predicted octanol–water partition coefficient (Wildman–Crippen LogP) is 1.90. The number of quaternary nitrogens is 1. The normalized spacial score (nSPS) is 12.5. The average Bonchev–Trinajstić information content (AvgIpc) is 2.72. The number of rotatable bonds is 6. The fraction of sp³-hybridized carbons (Fsp3) is 0.261. The molecule has 2 aromatic carbocycles. The third-order valence-electron chi connectivity index (χ3n) is 5.43. The number of fused-ring (bicyclic) bond motifs is 2. The second kappa shape index (κ2) is 8.12. The van der Waals surface area contributed by atoms with Crippen LogP contribution in [0.2, 0.25) is 0 Å². The first-order chi connectivity index (χ1) is 14.5. The standard InChI is InChI=1S/C23H23N3O4/c1-3-14-9-17-15(10-22(28)30-20(17)11-19(14)27)12-26(4-2)13-21-24-18-8-6-5-7-16(18)23(29)25-21/h5-11,27H,3-4,12-13H2,1-2H3,(H,24,25,29)/p+1. The Hall–Kier alpha value is -3.45. The summed E-state index contributed by atoms with van der Waals surface area (Å²) < 4.78 is 5.30. The SMILES string of the molecule is CCc1cc2c(C[NH+](CC)Cc3nc4ccccc4c(=O)[nH]3)cc(=O)oc2cc1O. The molecule has 0 radical (unpaired) electrons. The maximum Gasteiger partial charge on any atom is 0.336 e. The van der Waals surface area contributed by atoms with Crippen LogP contribution in [0, 0.1) is 0 Å². The number of phenols is 1. The van der Waals surface area contributed by atoms with Crippen molar-refractivity contribution in [3.63, 3.8) is 0 Å². The number of aromatic nitrogens is 2. The van der Waals surface area contributed by atoms with Gasteiger partial charge in [-0.1, -0.05) is 19.1 Å². The van der Waals surface area contributed by atoms with Crippen molar-refractivity contribution in [2.24, 2.45) is 0 Å². The molecule has 0 spiro atoms. The fourth-order valence-electron chi connectivity index (χ4n) is 3.77. The molecule has 0 aliphatic carbocycles. The lowest BCUT2D eigenvalue weighted by atomic mass is 10.0. The molecule has 4 aromatic rings. The maximum atomic E-state index is 12.4. The minimum atomic E-state index is -0.450. The molecule has 0 saturated heterocycles. The van der Waals surface area contributed by atoms with Crippen molar-refractivity contribution in [1.29, 1.82) is 0 Å². The van der Waals surface area contributed by atoms with E-state index in [2.05, 4.69) is 9.97 Å². The predicted molar refractivity (Wildman–Crippen MR) is 115 cm³/mol. The summed E-state index contributed by atoms with van der Waals surface area (Å²) in [6.45, 7) is 5.85. The number of benzene rings is 2. The zero-order chi connectivity index (χ0) is 21.3. The van der Waals surface area contributed by atoms with Crippen LogP contribution in [0.5, 0.6) is 5.75 Å². The van der Waals surface area contributed by atoms with Gasteiger partial charge in [0.15, 0.2) is 5.82 Å². The van der Waals surface area contributed by atoms with Crippen molar-refractivity contribution in [2.75, 3.05) is 6.54 Å². The molecule has 0 aliphatic rings. The van der Waals surface area contributed by atoms with Gasteiger partial charge >= 0.3 is 5.63 Å². The minimum Gasteiger partial charge on any atom is -0.508 e. The highest BCUT2D eigenvalue weighted by Crippen LogP contribution is 2.26. The van der Waals surface area contributed by atoms with Gasteiger partial charge in [-0.15, -0.1) is 0 Å². The lowest BCUT2D eigenvalue weighted by molar-refractivity contribution is -0.926. The van der Waals surface area contributed by atoms with E-state index in [-0.39, 0.29) is 11.3 Å². The zero-order valence-corrected chi connectivity index (χ0v) is 17.0. The van der Waals surface area contributed by atoms with Crippen molar-refractivity contribution in [3.05, 3.63) is 80.2 Å². The first-order valence-electron chi connectivity index (χ1n) is 10.1. The molecule has 7 nitrogen and oxygen atoms in total. The maximum absolute atomic E-state index is 12.4. The molecule has 0 aliphatic heterocycles. The number of nitrogens with zero attached hydrogens (tertiary/aromatic N) is 1. The van der Waals surface area contributed by atoms with Gasteiger partial charge in [-0.05, 0) is 37.1 Å². The lowest BCUT2D eigenvalue weighted by Gasteiger charge is -2.18. The van der Waals surface area contributed by atoms with Crippen LogP contribution in [0.3, 0.4) is 0 Å². The Bertz CT molecular complexity index is 1340. The van der Waals surface area contributed by atoms with Crippen LogP contribution in [0.4, 0.5) is 0 Å². The van der Waals surface area contributed by atoms with Crippen LogP contribution in [-0.2, 0) is 19.5 Å². The van der Waals surface area contributed by atoms with Gasteiger partial charge in [0.1, 0.15) is 24.4 Å². The Morgan fingerprint density at radius 1 is 1.03 bits per heavy atom. The number of H-pyrrole nitrogens is 1. The molecule has 0 bridgehead atoms. The number of nitrogens with one attached hydrogen (secondary N) is 2. The minimum absolute atomic E-state index is 0.128. The molecule has 2 heterocycles. The Morgan fingerprint density at radius 2 is 1.83 bits per heavy atom. The van der Waals surface area contributed by atoms with Gasteiger partial charge in [0, 0.05) is 23.1 Å². The zero-order valence-electron chi connectivity index (χ0n) is 17.0. The van der Waals surface area contributed by atoms with Crippen LogP contribution >= 0.6 is 0 Å². The molecule has 7 heteroatoms. The first kappa shape index (κ1) is 19.8. The highest BCUT2D eigenvalue weighted by Gasteiger charge is 2.16. The molecule has 1 unspecified atom stereocenters. The number of aromatic amines is 1. The molecule has 4 rings (SSSR count). The molecule has 2 aromatic heterocycles. The summed E-state index contributed by atoms with van der Waals surface area (Å²) in [4.78, 5) is 33.0. The monoisotopic (exact) mass is 406 g/mol. The van der Waals surface area contributed by atoms with Gasteiger partial charge in [-0.25, -0.2) is 9.78 Å². The lowest BCUT2D eigenvalue weighted by Crippen LogP contribution is -3.09. The fourth-order valence-corrected chi connectivity index (χ4v) is 3.77. The molecule has 0 amide bonds. The number of aryl methyl sites for hydroxylation is 1. The molecule has 3 N–H and O–H groups in total. The number of para-hydroxylation sites is 1. The summed E-state index contributed by atoms with van der Waals surface area (Å²) in [6.07, 6.45) is 0.674. The van der Waals surface area contributed by atoms with Crippen LogP contribution < -0.4 is 16.1 Å². The van der Waals surface area contributed by atoms with Crippen molar-refractivity contribution in [1.82, 2.24) is 9.97 Å². The van der Waals surface area contributed by atoms with E-state index in [0.717, 1.165) is 28.0 Å². The van der Waals surface area contributed by atoms with Crippen molar-refractivity contribution >= 4 is 21.9 Å². The second-order valence-corrected chi connectivity index (χ2v) is 7.41. The van der Waals surface area contributed by atoms with Crippen molar-refractivity contribution in [3.8, 4) is 5.75 Å². The molecular formula is C23H24N3O4+. The third kappa shape index (κ3) is 3.84. The molecule has 154 valence electrons. The average molecular weight is 406 g/mol. The molecule has 1 atom stereocenters. The number of aromatic hydroxyl groups is 1. The summed E-state index contributed by atoms with van der Waals surface area (Å²) in [5.74, 6) is 0.734. The smallest absolute Gasteiger partial charge is 0.336 e. The highest BCUT2D eigenvalue weighted by molar-refractivity contribution is 5.82. The van der Waals surface area contributed by atoms with Gasteiger partial charge in [0.05, 0.1) is 17.4 Å². The van der Waals surface area contributed by atoms with E-state index < -0.39 is 5.63 Å². The van der Waals surface area contributed by atoms with Gasteiger partial charge in [0.2, 0.25) is 0 Å². The van der Waals surface area contributed by atoms with Crippen LogP contribution in [0.25, 0.3) is 21.9 Å². The Kier molecular flexibility index (Phi) is 5.37. The van der Waals surface area contributed by atoms with Crippen molar-refractivity contribution in [2.45, 2.75) is 33.4 Å². The van der Waals surface area contributed by atoms with E-state index in [1.807, 2.05) is 38.1 Å². The summed E-state index contributed by atoms with van der Waals surface area (Å²) in [5.41, 5.74) is 2.08. The topological polar surface area (TPSA) is 101 Å². The highest BCUT2D eigenvalue weighted by atomic mass is 16.4. The van der Waals surface area contributed by atoms with E-state index in [9.17, 15) is 14.7 Å². The van der Waals surface area contributed by atoms with Crippen molar-refractivity contribution < 1.29 is 14.4 Å². The van der Waals surface area contributed by atoms with Gasteiger partial charge in [-0.3, -0.25) is 4.79 Å². The summed E-state index contributed by atoms with van der Waals surface area (Å²) in [5, 5.41) is 11.5. The summed E-state index contributed by atoms with van der Waals surface area (Å²) >= 11 is 0. The third-order valence-corrected chi connectivity index (χ3v) is 5.43. The number of hydrogen-bond donors (Lipinski definition) is 3. The van der Waals surface area contributed by atoms with E-state index in [1.165, 1.54) is 12.1 Å². The van der Waals surface area contributed by atoms with E-state index in [1.54, 1.807) is 6.07 Å². The van der Waals surface area contributed by atoms with E-state index in [4.69, 9.17) is 4.42 Å². The molecule has 0 fully saturated rings. The van der Waals surface area contributed by atoms with Crippen LogP contribution in [-0.4, -0.2) is 21.6 Å². The van der Waals surface area contributed by atoms with Crippen LogP contribution in [0.15, 0.2) is 56.5 Å². The summed E-state index contributed by atoms with van der Waals surface area (Å²) in [7, 11) is 0. The molecule has 0 saturated carbocycles. The number of hydrogen-bond acceptors (Lipinski definition) is 5. The molecule has 30 heavy (non-hydrogen) atoms. The summed E-state index contributed by atoms with van der Waals surface area (Å²) in [6, 6.07) is 12.2. The Morgan fingerprint density at radius 3 is 2.60 bits per heavy atom. The quantitative estimate of drug-likeness (QED) is 0.425. The largest absolute Gasteiger partial charge is 0.508 e. The van der Waals surface area contributed by atoms with Gasteiger partial charge < -0.3 is 19.4 Å². The van der Waals surface area contributed by atoms with Crippen LogP contribution in [0.1, 0.15) is 30.8 Å². The van der Waals surface area contributed by atoms with Gasteiger partial charge in [-0.2, -0.15) is 0 Å². The van der Waals surface area contributed by atoms with E-state index >= 15 is 0 Å². The molecular weight excluding hydrogens is 382 g/mol. The Labute approximate surface area is 172 Å². The van der Waals surface area contributed by atoms with Gasteiger partial charge in [0.25, 0.3) is 5.56 Å². The first-order valence-corrected chi connectivity index (χ1v) is 10.1. The Balaban J connectivity index is 1.69. The second-order valence-electron chi connectivity index (χ2n) is 7.41.